The number of halogens is 3. The molecule has 1 aliphatic rings. The minimum absolute atomic E-state index is 0.0735. The predicted molar refractivity (Wildman–Crippen MR) is 111 cm³/mol. The second-order valence-corrected chi connectivity index (χ2v) is 9.46. The first-order chi connectivity index (χ1) is 14.9. The van der Waals surface area contributed by atoms with Crippen LogP contribution in [0.4, 0.5) is 18.9 Å². The van der Waals surface area contributed by atoms with Crippen molar-refractivity contribution in [2.24, 2.45) is 0 Å². The van der Waals surface area contributed by atoms with E-state index in [1.54, 1.807) is 0 Å². The number of sulfonamides is 1. The topological polar surface area (TPSA) is 84.9 Å². The van der Waals surface area contributed by atoms with Gasteiger partial charge in [0.05, 0.1) is 23.5 Å². The Balaban J connectivity index is 1.60. The number of carbonyl (C=O) groups excluding carboxylic acids is 1. The van der Waals surface area contributed by atoms with E-state index >= 15 is 0 Å². The molecule has 2 unspecified atom stereocenters. The van der Waals surface area contributed by atoms with E-state index in [1.807, 2.05) is 13.8 Å². The summed E-state index contributed by atoms with van der Waals surface area (Å²) in [7, 11) is -3.69. The highest BCUT2D eigenvalue weighted by atomic mass is 32.2. The number of hydrogen-bond acceptors (Lipinski definition) is 5. The molecule has 2 atom stereocenters. The quantitative estimate of drug-likeness (QED) is 0.695. The van der Waals surface area contributed by atoms with Crippen LogP contribution in [0.25, 0.3) is 0 Å². The average Bonchev–Trinajstić information content (AvgIpc) is 2.68. The van der Waals surface area contributed by atoms with Gasteiger partial charge in [-0.15, -0.1) is 13.2 Å². The maximum absolute atomic E-state index is 12.9. The van der Waals surface area contributed by atoms with Crippen LogP contribution in [0, 0.1) is 0 Å². The maximum atomic E-state index is 12.9. The van der Waals surface area contributed by atoms with Crippen molar-refractivity contribution in [1.29, 1.82) is 0 Å². The normalized spacial score (nSPS) is 20.0. The number of anilines is 1. The smallest absolute Gasteiger partial charge is 0.406 e. The van der Waals surface area contributed by atoms with Gasteiger partial charge in [-0.05, 0) is 55.8 Å². The summed E-state index contributed by atoms with van der Waals surface area (Å²) in [5.41, 5.74) is 0.890. The van der Waals surface area contributed by atoms with Gasteiger partial charge in [0, 0.05) is 18.8 Å². The Hall–Kier alpha value is -2.63. The van der Waals surface area contributed by atoms with Crippen molar-refractivity contribution in [2.45, 2.75) is 43.7 Å². The number of morpholine rings is 1. The summed E-state index contributed by atoms with van der Waals surface area (Å²) in [6, 6.07) is 10.8. The van der Waals surface area contributed by atoms with Crippen molar-refractivity contribution in [3.05, 3.63) is 54.1 Å². The fourth-order valence-corrected chi connectivity index (χ4v) is 4.98. The maximum Gasteiger partial charge on any atom is 0.573 e. The molecule has 0 bridgehead atoms. The lowest BCUT2D eigenvalue weighted by Crippen LogP contribution is -2.48. The molecule has 32 heavy (non-hydrogen) atoms. The van der Waals surface area contributed by atoms with Gasteiger partial charge in [-0.3, -0.25) is 4.79 Å². The number of hydrogen-bond donors (Lipinski definition) is 1. The second-order valence-electron chi connectivity index (χ2n) is 7.52. The molecule has 0 aliphatic carbocycles. The number of rotatable bonds is 6. The van der Waals surface area contributed by atoms with Crippen LogP contribution < -0.4 is 10.1 Å². The van der Waals surface area contributed by atoms with E-state index in [0.29, 0.717) is 11.3 Å². The van der Waals surface area contributed by atoms with Gasteiger partial charge in [-0.25, -0.2) is 8.42 Å². The van der Waals surface area contributed by atoms with Gasteiger partial charge < -0.3 is 14.8 Å². The summed E-state index contributed by atoms with van der Waals surface area (Å²) in [5, 5.41) is 2.64. The molecular formula is C21H23F3N2O5S. The molecule has 1 N–H and O–H groups in total. The molecule has 1 heterocycles. The van der Waals surface area contributed by atoms with Crippen LogP contribution in [-0.4, -0.2) is 50.3 Å². The first-order valence-corrected chi connectivity index (χ1v) is 11.3. The number of amides is 1. The van der Waals surface area contributed by atoms with E-state index in [4.69, 9.17) is 4.74 Å². The Bertz CT molecular complexity index is 1030. The molecule has 0 spiro atoms. The van der Waals surface area contributed by atoms with Crippen molar-refractivity contribution in [2.75, 3.05) is 18.4 Å². The number of alkyl halides is 3. The van der Waals surface area contributed by atoms with E-state index in [2.05, 4.69) is 10.1 Å². The third-order valence-electron chi connectivity index (χ3n) is 4.68. The molecule has 2 aromatic rings. The number of nitrogens with zero attached hydrogens (tertiary/aromatic N) is 1. The van der Waals surface area contributed by atoms with E-state index < -0.39 is 22.3 Å². The fraction of sp³-hybridized carbons (Fsp3) is 0.381. The van der Waals surface area contributed by atoms with Gasteiger partial charge in [0.1, 0.15) is 5.75 Å². The molecule has 1 saturated heterocycles. The van der Waals surface area contributed by atoms with E-state index in [0.717, 1.165) is 12.1 Å². The molecule has 3 rings (SSSR count). The summed E-state index contributed by atoms with van der Waals surface area (Å²) < 4.78 is 73.1. The van der Waals surface area contributed by atoms with Crippen LogP contribution in [0.2, 0.25) is 0 Å². The number of carbonyl (C=O) groups is 1. The first kappa shape index (κ1) is 24.0. The molecule has 1 fully saturated rings. The van der Waals surface area contributed by atoms with Crippen molar-refractivity contribution >= 4 is 21.6 Å². The van der Waals surface area contributed by atoms with Crippen LogP contribution in [0.5, 0.6) is 5.75 Å². The number of nitrogens with one attached hydrogen (secondary N) is 1. The molecule has 1 amide bonds. The summed E-state index contributed by atoms with van der Waals surface area (Å²) in [6.45, 7) is 4.15. The highest BCUT2D eigenvalue weighted by Crippen LogP contribution is 2.24. The Morgan fingerprint density at radius 1 is 1.06 bits per heavy atom. The van der Waals surface area contributed by atoms with Gasteiger partial charge >= 0.3 is 6.36 Å². The first-order valence-electron chi connectivity index (χ1n) is 9.82. The van der Waals surface area contributed by atoms with Crippen LogP contribution >= 0.6 is 0 Å². The molecule has 0 radical (unpaired) electrons. The lowest BCUT2D eigenvalue weighted by atomic mass is 10.1. The number of ether oxygens (including phenoxy) is 2. The third kappa shape index (κ3) is 6.44. The zero-order chi connectivity index (χ0) is 23.5. The molecule has 0 aromatic heterocycles. The van der Waals surface area contributed by atoms with Crippen LogP contribution in [0.3, 0.4) is 0 Å². The van der Waals surface area contributed by atoms with Crippen LogP contribution in [0.15, 0.2) is 53.4 Å². The minimum Gasteiger partial charge on any atom is -0.406 e. The monoisotopic (exact) mass is 472 g/mol. The minimum atomic E-state index is -4.78. The summed E-state index contributed by atoms with van der Waals surface area (Å²) in [6.07, 6.45) is -5.27. The Kier molecular flexibility index (Phi) is 7.11. The van der Waals surface area contributed by atoms with Crippen LogP contribution in [0.1, 0.15) is 19.4 Å². The average molecular weight is 472 g/mol. The third-order valence-corrected chi connectivity index (χ3v) is 6.53. The molecule has 11 heteroatoms. The summed E-state index contributed by atoms with van der Waals surface area (Å²) in [5.74, 6) is -0.775. The van der Waals surface area contributed by atoms with E-state index in [9.17, 15) is 26.4 Å². The zero-order valence-corrected chi connectivity index (χ0v) is 18.2. The summed E-state index contributed by atoms with van der Waals surface area (Å²) >= 11 is 0. The molecule has 2 aromatic carbocycles. The highest BCUT2D eigenvalue weighted by molar-refractivity contribution is 7.89. The van der Waals surface area contributed by atoms with Crippen molar-refractivity contribution < 1.29 is 35.9 Å². The van der Waals surface area contributed by atoms with Gasteiger partial charge in [-0.2, -0.15) is 4.31 Å². The summed E-state index contributed by atoms with van der Waals surface area (Å²) in [4.78, 5) is 12.3. The predicted octanol–water partition coefficient (Wildman–Crippen LogP) is 3.56. The Morgan fingerprint density at radius 2 is 1.62 bits per heavy atom. The largest absolute Gasteiger partial charge is 0.573 e. The Labute approximate surface area is 184 Å². The number of benzene rings is 2. The molecule has 1 aliphatic heterocycles. The van der Waals surface area contributed by atoms with Gasteiger partial charge in [0.2, 0.25) is 15.9 Å². The van der Waals surface area contributed by atoms with Crippen molar-refractivity contribution in [1.82, 2.24) is 4.31 Å². The van der Waals surface area contributed by atoms with Gasteiger partial charge in [0.15, 0.2) is 0 Å². The SMILES string of the molecule is CC1CN(S(=O)(=O)c2ccc(NC(=O)Cc3ccc(OC(F)(F)F)cc3)cc2)CC(C)O1. The molecule has 0 saturated carbocycles. The van der Waals surface area contributed by atoms with Crippen LogP contribution in [-0.2, 0) is 26.0 Å². The zero-order valence-electron chi connectivity index (χ0n) is 17.4. The molecular weight excluding hydrogens is 449 g/mol. The molecule has 174 valence electrons. The van der Waals surface area contributed by atoms with E-state index in [1.165, 1.54) is 40.7 Å². The van der Waals surface area contributed by atoms with Crippen molar-refractivity contribution in [3.63, 3.8) is 0 Å². The fourth-order valence-electron chi connectivity index (χ4n) is 3.39. The van der Waals surface area contributed by atoms with E-state index in [-0.39, 0.29) is 42.4 Å². The van der Waals surface area contributed by atoms with Gasteiger partial charge in [-0.1, -0.05) is 12.1 Å². The standard InChI is InChI=1S/C21H23F3N2O5S/c1-14-12-26(13-15(2)30-14)32(28,29)19-9-5-17(6-10-19)25-20(27)11-16-3-7-18(8-4-16)31-21(22,23)24/h3-10,14-15H,11-13H2,1-2H3,(H,25,27). The lowest BCUT2D eigenvalue weighted by Gasteiger charge is -2.34. The lowest BCUT2D eigenvalue weighted by molar-refractivity contribution is -0.274. The van der Waals surface area contributed by atoms with Gasteiger partial charge in [0.25, 0.3) is 0 Å². The Morgan fingerprint density at radius 3 is 2.16 bits per heavy atom. The van der Waals surface area contributed by atoms with Crippen molar-refractivity contribution in [3.8, 4) is 5.75 Å². The molecule has 7 nitrogen and oxygen atoms in total. The highest BCUT2D eigenvalue weighted by Gasteiger charge is 2.32. The second kappa shape index (κ2) is 9.47.